The summed E-state index contributed by atoms with van der Waals surface area (Å²) in [6.07, 6.45) is 2.83. The quantitative estimate of drug-likeness (QED) is 0.750. The molecule has 0 saturated heterocycles. The van der Waals surface area contributed by atoms with E-state index in [1.165, 1.54) is 13.8 Å². The molecule has 0 amide bonds. The lowest BCUT2D eigenvalue weighted by Crippen LogP contribution is -2.21. The van der Waals surface area contributed by atoms with Crippen molar-refractivity contribution in [2.45, 2.75) is 44.9 Å². The molecule has 1 fully saturated rings. The summed E-state index contributed by atoms with van der Waals surface area (Å²) in [5.74, 6) is -1.16. The van der Waals surface area contributed by atoms with Gasteiger partial charge in [-0.2, -0.15) is 4.39 Å². The number of benzene rings is 1. The molecule has 1 aromatic rings. The molecular weight excluding hydrogens is 219 g/mol. The van der Waals surface area contributed by atoms with Crippen LogP contribution in [0.2, 0.25) is 0 Å². The Labute approximate surface area is 101 Å². The van der Waals surface area contributed by atoms with Gasteiger partial charge in [-0.1, -0.05) is 12.1 Å². The fourth-order valence-electron chi connectivity index (χ4n) is 1.94. The lowest BCUT2D eigenvalue weighted by molar-refractivity contribution is -0.109. The predicted molar refractivity (Wildman–Crippen MR) is 64.0 cm³/mol. The van der Waals surface area contributed by atoms with Crippen molar-refractivity contribution in [1.29, 1.82) is 0 Å². The average molecular weight is 236 g/mol. The van der Waals surface area contributed by atoms with Gasteiger partial charge in [-0.15, -0.1) is 0 Å². The lowest BCUT2D eigenvalue weighted by Gasteiger charge is -2.19. The van der Waals surface area contributed by atoms with Crippen LogP contribution in [0.25, 0.3) is 0 Å². The van der Waals surface area contributed by atoms with Gasteiger partial charge in [0.15, 0.2) is 0 Å². The first kappa shape index (κ1) is 12.1. The van der Waals surface area contributed by atoms with E-state index in [0.717, 1.165) is 30.3 Å². The van der Waals surface area contributed by atoms with Gasteiger partial charge >= 0.3 is 0 Å². The van der Waals surface area contributed by atoms with Crippen molar-refractivity contribution < 1.29 is 13.9 Å². The van der Waals surface area contributed by atoms with Crippen LogP contribution >= 0.6 is 0 Å². The van der Waals surface area contributed by atoms with E-state index in [2.05, 4.69) is 0 Å². The van der Waals surface area contributed by atoms with Gasteiger partial charge in [-0.25, -0.2) is 0 Å². The monoisotopic (exact) mass is 236 g/mol. The van der Waals surface area contributed by atoms with Gasteiger partial charge in [-0.3, -0.25) is 0 Å². The fraction of sp³-hybridized carbons (Fsp3) is 0.500. The molecule has 0 bridgehead atoms. The van der Waals surface area contributed by atoms with E-state index in [9.17, 15) is 9.18 Å². The number of ether oxygens (including phenoxy) is 1. The summed E-state index contributed by atoms with van der Waals surface area (Å²) < 4.78 is 18.6. The zero-order valence-electron chi connectivity index (χ0n) is 10.4. The maximum Gasteiger partial charge on any atom is 0.242 e. The third-order valence-corrected chi connectivity index (χ3v) is 3.12. The molecule has 1 aliphatic carbocycles. The molecule has 17 heavy (non-hydrogen) atoms. The van der Waals surface area contributed by atoms with E-state index >= 15 is 0 Å². The van der Waals surface area contributed by atoms with Crippen LogP contribution in [0.15, 0.2) is 18.2 Å². The number of carbonyl (C=O) groups excluding carboxylic acids is 1. The maximum atomic E-state index is 13.4. The van der Waals surface area contributed by atoms with Crippen molar-refractivity contribution in [2.75, 3.05) is 0 Å². The lowest BCUT2D eigenvalue weighted by atomic mass is 9.96. The molecule has 0 unspecified atom stereocenters. The number of aryl methyl sites for hydroxylation is 1. The van der Waals surface area contributed by atoms with Crippen molar-refractivity contribution in [1.82, 2.24) is 0 Å². The molecule has 1 saturated carbocycles. The van der Waals surface area contributed by atoms with Gasteiger partial charge in [-0.05, 0) is 37.0 Å². The van der Waals surface area contributed by atoms with Crippen LogP contribution in [0, 0.1) is 6.92 Å². The highest BCUT2D eigenvalue weighted by Gasteiger charge is 2.44. The highest BCUT2D eigenvalue weighted by molar-refractivity contribution is 5.73. The number of carbonyl (C=O) groups is 1. The topological polar surface area (TPSA) is 26.3 Å². The highest BCUT2D eigenvalue weighted by Crippen LogP contribution is 2.47. The van der Waals surface area contributed by atoms with Crippen LogP contribution in [0.5, 0.6) is 5.75 Å². The van der Waals surface area contributed by atoms with Crippen LogP contribution in [0.1, 0.15) is 37.8 Å². The van der Waals surface area contributed by atoms with E-state index in [0.29, 0.717) is 5.75 Å². The van der Waals surface area contributed by atoms with Gasteiger partial charge in [0.2, 0.25) is 5.85 Å². The van der Waals surface area contributed by atoms with Crippen LogP contribution in [0.3, 0.4) is 0 Å². The summed E-state index contributed by atoms with van der Waals surface area (Å²) in [6.45, 7) is 4.60. The Morgan fingerprint density at radius 3 is 2.47 bits per heavy atom. The Morgan fingerprint density at radius 1 is 1.41 bits per heavy atom. The second-order valence-corrected chi connectivity index (χ2v) is 5.22. The largest absolute Gasteiger partial charge is 0.458 e. The second-order valence-electron chi connectivity index (χ2n) is 5.22. The van der Waals surface area contributed by atoms with E-state index in [4.69, 9.17) is 4.74 Å². The van der Waals surface area contributed by atoms with E-state index < -0.39 is 5.85 Å². The van der Waals surface area contributed by atoms with Crippen LogP contribution < -0.4 is 4.74 Å². The highest BCUT2D eigenvalue weighted by atomic mass is 19.2. The average Bonchev–Trinajstić information content (AvgIpc) is 3.00. The molecule has 0 aromatic heterocycles. The number of alkyl halides is 1. The maximum absolute atomic E-state index is 13.4. The molecule has 0 spiro atoms. The zero-order valence-corrected chi connectivity index (χ0v) is 10.4. The molecule has 2 nitrogen and oxygen atoms in total. The van der Waals surface area contributed by atoms with Gasteiger partial charge in [0.25, 0.3) is 0 Å². The molecule has 2 rings (SSSR count). The summed E-state index contributed by atoms with van der Waals surface area (Å²) in [5, 5.41) is 0. The standard InChI is InChI=1S/C14H17FO2/c1-10-8-11(14(9-16)6-7-14)4-5-12(10)17-13(2,3)15/h4-5,8-9H,6-7H2,1-3H3. The minimum absolute atomic E-state index is 0.283. The zero-order chi connectivity index (χ0) is 12.7. The Kier molecular flexibility index (Phi) is 2.72. The third-order valence-electron chi connectivity index (χ3n) is 3.12. The first-order valence-electron chi connectivity index (χ1n) is 5.82. The molecule has 1 aliphatic rings. The van der Waals surface area contributed by atoms with Crippen LogP contribution in [-0.2, 0) is 10.2 Å². The van der Waals surface area contributed by atoms with Crippen molar-refractivity contribution in [2.24, 2.45) is 0 Å². The Bertz CT molecular complexity index is 442. The number of halogens is 1. The summed E-state index contributed by atoms with van der Waals surface area (Å²) in [5.41, 5.74) is 1.59. The second kappa shape index (κ2) is 3.83. The van der Waals surface area contributed by atoms with Crippen molar-refractivity contribution in [3.05, 3.63) is 29.3 Å². The first-order valence-corrected chi connectivity index (χ1v) is 5.82. The molecular formula is C14H17FO2. The van der Waals surface area contributed by atoms with Crippen LogP contribution in [0.4, 0.5) is 4.39 Å². The van der Waals surface area contributed by atoms with E-state index in [-0.39, 0.29) is 5.41 Å². The Balaban J connectivity index is 2.26. The predicted octanol–water partition coefficient (Wildman–Crippen LogP) is 3.31. The van der Waals surface area contributed by atoms with E-state index in [1.54, 1.807) is 6.07 Å². The Morgan fingerprint density at radius 2 is 2.06 bits per heavy atom. The minimum atomic E-state index is -1.69. The van der Waals surface area contributed by atoms with Gasteiger partial charge in [0, 0.05) is 13.8 Å². The van der Waals surface area contributed by atoms with Gasteiger partial charge < -0.3 is 9.53 Å². The molecule has 3 heteroatoms. The van der Waals surface area contributed by atoms with Crippen molar-refractivity contribution in [3.8, 4) is 5.75 Å². The Hall–Kier alpha value is -1.38. The SMILES string of the molecule is Cc1cc(C2(C=O)CC2)ccc1OC(C)(C)F. The van der Waals surface area contributed by atoms with Crippen molar-refractivity contribution >= 4 is 6.29 Å². The summed E-state index contributed by atoms with van der Waals surface area (Å²) in [7, 11) is 0. The smallest absolute Gasteiger partial charge is 0.242 e. The van der Waals surface area contributed by atoms with Gasteiger partial charge in [0.05, 0.1) is 5.41 Å². The summed E-state index contributed by atoms with van der Waals surface area (Å²) in [4.78, 5) is 11.0. The number of rotatable bonds is 4. The molecule has 0 heterocycles. The molecule has 1 aromatic carbocycles. The minimum Gasteiger partial charge on any atom is -0.458 e. The molecule has 0 atom stereocenters. The first-order chi connectivity index (χ1) is 7.86. The summed E-state index contributed by atoms with van der Waals surface area (Å²) in [6, 6.07) is 5.52. The van der Waals surface area contributed by atoms with Crippen LogP contribution in [-0.4, -0.2) is 12.1 Å². The number of hydrogen-bond donors (Lipinski definition) is 0. The molecule has 0 radical (unpaired) electrons. The fourth-order valence-corrected chi connectivity index (χ4v) is 1.94. The molecule has 0 aliphatic heterocycles. The summed E-state index contributed by atoms with van der Waals surface area (Å²) >= 11 is 0. The van der Waals surface area contributed by atoms with E-state index in [1.807, 2.05) is 19.1 Å². The number of hydrogen-bond acceptors (Lipinski definition) is 2. The molecule has 92 valence electrons. The van der Waals surface area contributed by atoms with Gasteiger partial charge in [0.1, 0.15) is 12.0 Å². The van der Waals surface area contributed by atoms with Crippen molar-refractivity contribution in [3.63, 3.8) is 0 Å². The number of aldehydes is 1. The molecule has 0 N–H and O–H groups in total. The normalized spacial score (nSPS) is 17.6. The third kappa shape index (κ3) is 2.48.